The summed E-state index contributed by atoms with van der Waals surface area (Å²) in [5.74, 6) is -0.00411. The van der Waals surface area contributed by atoms with Crippen LogP contribution < -0.4 is 5.32 Å². The lowest BCUT2D eigenvalue weighted by molar-refractivity contribution is -0.123. The summed E-state index contributed by atoms with van der Waals surface area (Å²) in [4.78, 5) is 18.0. The van der Waals surface area contributed by atoms with Crippen molar-refractivity contribution in [2.24, 2.45) is 0 Å². The van der Waals surface area contributed by atoms with Crippen molar-refractivity contribution in [2.75, 3.05) is 26.2 Å². The summed E-state index contributed by atoms with van der Waals surface area (Å²) in [6.07, 6.45) is 6.80. The van der Waals surface area contributed by atoms with Gasteiger partial charge in [0.15, 0.2) is 0 Å². The Morgan fingerprint density at radius 2 is 2.47 bits per heavy atom. The standard InChI is InChI=1S/C13H22N4O2/c1-11(17-8-4-14-10-17)13(19)15-5-7-16-6-2-3-12(18)9-16/h4,8,10-12,18H,2-3,5-7,9H2,1H3,(H,15,19). The highest BCUT2D eigenvalue weighted by Gasteiger charge is 2.18. The molecule has 1 saturated heterocycles. The Kier molecular flexibility index (Phi) is 4.93. The Bertz CT molecular complexity index is 393. The number of carbonyl (C=O) groups excluding carboxylic acids is 1. The van der Waals surface area contributed by atoms with Gasteiger partial charge in [0, 0.05) is 32.0 Å². The third kappa shape index (κ3) is 4.04. The number of rotatable bonds is 5. The predicted octanol–water partition coefficient (Wildman–Crippen LogP) is 0.0170. The minimum Gasteiger partial charge on any atom is -0.392 e. The number of aromatic nitrogens is 2. The molecule has 0 aliphatic carbocycles. The van der Waals surface area contributed by atoms with E-state index in [1.54, 1.807) is 23.3 Å². The summed E-state index contributed by atoms with van der Waals surface area (Å²) in [5, 5.41) is 12.5. The fourth-order valence-corrected chi connectivity index (χ4v) is 2.35. The van der Waals surface area contributed by atoms with Crippen LogP contribution in [0.25, 0.3) is 0 Å². The van der Waals surface area contributed by atoms with E-state index in [1.807, 2.05) is 6.92 Å². The molecule has 0 aromatic carbocycles. The average Bonchev–Trinajstić information content (AvgIpc) is 2.91. The quantitative estimate of drug-likeness (QED) is 0.788. The number of nitrogens with zero attached hydrogens (tertiary/aromatic N) is 3. The van der Waals surface area contributed by atoms with Gasteiger partial charge in [-0.25, -0.2) is 4.98 Å². The first-order valence-electron chi connectivity index (χ1n) is 6.82. The van der Waals surface area contributed by atoms with Gasteiger partial charge in [0.2, 0.25) is 5.91 Å². The molecule has 0 saturated carbocycles. The zero-order chi connectivity index (χ0) is 13.7. The molecule has 1 aliphatic heterocycles. The SMILES string of the molecule is CC(C(=O)NCCN1CCCC(O)C1)n1ccnc1. The van der Waals surface area contributed by atoms with Crippen LogP contribution in [0.1, 0.15) is 25.8 Å². The number of amides is 1. The average molecular weight is 266 g/mol. The van der Waals surface area contributed by atoms with E-state index in [2.05, 4.69) is 15.2 Å². The molecule has 6 heteroatoms. The van der Waals surface area contributed by atoms with E-state index in [0.29, 0.717) is 13.1 Å². The van der Waals surface area contributed by atoms with Crippen molar-refractivity contribution in [2.45, 2.75) is 31.9 Å². The van der Waals surface area contributed by atoms with Gasteiger partial charge in [-0.05, 0) is 26.3 Å². The second kappa shape index (κ2) is 6.68. The lowest BCUT2D eigenvalue weighted by Gasteiger charge is -2.30. The third-order valence-electron chi connectivity index (χ3n) is 3.56. The van der Waals surface area contributed by atoms with E-state index in [-0.39, 0.29) is 18.1 Å². The molecule has 2 rings (SSSR count). The van der Waals surface area contributed by atoms with Crippen molar-refractivity contribution < 1.29 is 9.90 Å². The van der Waals surface area contributed by atoms with Gasteiger partial charge in [-0.3, -0.25) is 9.69 Å². The largest absolute Gasteiger partial charge is 0.392 e. The normalized spacial score (nSPS) is 22.1. The molecule has 106 valence electrons. The van der Waals surface area contributed by atoms with Crippen LogP contribution in [0.15, 0.2) is 18.7 Å². The number of imidazole rings is 1. The van der Waals surface area contributed by atoms with Crippen molar-refractivity contribution in [3.05, 3.63) is 18.7 Å². The Labute approximate surface area is 113 Å². The summed E-state index contributed by atoms with van der Waals surface area (Å²) in [6, 6.07) is -0.241. The molecule has 1 aromatic rings. The molecular weight excluding hydrogens is 244 g/mol. The Hall–Kier alpha value is -1.40. The van der Waals surface area contributed by atoms with E-state index >= 15 is 0 Å². The van der Waals surface area contributed by atoms with Crippen LogP contribution in [0.4, 0.5) is 0 Å². The van der Waals surface area contributed by atoms with Gasteiger partial charge < -0.3 is 15.0 Å². The molecule has 1 amide bonds. The van der Waals surface area contributed by atoms with E-state index in [9.17, 15) is 9.90 Å². The van der Waals surface area contributed by atoms with Gasteiger partial charge in [-0.2, -0.15) is 0 Å². The molecule has 1 aromatic heterocycles. The second-order valence-electron chi connectivity index (χ2n) is 5.07. The van der Waals surface area contributed by atoms with Crippen LogP contribution in [-0.2, 0) is 4.79 Å². The van der Waals surface area contributed by atoms with Crippen LogP contribution in [0.5, 0.6) is 0 Å². The zero-order valence-corrected chi connectivity index (χ0v) is 11.3. The summed E-state index contributed by atoms with van der Waals surface area (Å²) < 4.78 is 1.78. The number of aliphatic hydroxyl groups is 1. The lowest BCUT2D eigenvalue weighted by Crippen LogP contribution is -2.43. The zero-order valence-electron chi connectivity index (χ0n) is 11.3. The summed E-state index contributed by atoms with van der Waals surface area (Å²) >= 11 is 0. The fourth-order valence-electron chi connectivity index (χ4n) is 2.35. The Morgan fingerprint density at radius 1 is 1.63 bits per heavy atom. The summed E-state index contributed by atoms with van der Waals surface area (Å²) in [5.41, 5.74) is 0. The summed E-state index contributed by atoms with van der Waals surface area (Å²) in [7, 11) is 0. The van der Waals surface area contributed by atoms with Crippen LogP contribution >= 0.6 is 0 Å². The van der Waals surface area contributed by atoms with E-state index in [0.717, 1.165) is 25.9 Å². The van der Waals surface area contributed by atoms with Crippen molar-refractivity contribution >= 4 is 5.91 Å². The first-order valence-corrected chi connectivity index (χ1v) is 6.82. The number of nitrogens with one attached hydrogen (secondary N) is 1. The lowest BCUT2D eigenvalue weighted by atomic mass is 10.1. The first-order chi connectivity index (χ1) is 9.16. The van der Waals surface area contributed by atoms with E-state index < -0.39 is 0 Å². The molecule has 1 fully saturated rings. The molecule has 2 heterocycles. The van der Waals surface area contributed by atoms with Crippen LogP contribution in [0.3, 0.4) is 0 Å². The minimum atomic E-state index is -0.241. The predicted molar refractivity (Wildman–Crippen MR) is 71.6 cm³/mol. The highest BCUT2D eigenvalue weighted by Crippen LogP contribution is 2.09. The highest BCUT2D eigenvalue weighted by molar-refractivity contribution is 5.79. The smallest absolute Gasteiger partial charge is 0.242 e. The van der Waals surface area contributed by atoms with Gasteiger partial charge in [0.05, 0.1) is 12.4 Å². The minimum absolute atomic E-state index is 0.00411. The molecule has 0 radical (unpaired) electrons. The molecular formula is C13H22N4O2. The van der Waals surface area contributed by atoms with Gasteiger partial charge in [-0.1, -0.05) is 0 Å². The molecule has 19 heavy (non-hydrogen) atoms. The number of aliphatic hydroxyl groups excluding tert-OH is 1. The maximum absolute atomic E-state index is 11.9. The highest BCUT2D eigenvalue weighted by atomic mass is 16.3. The van der Waals surface area contributed by atoms with Crippen LogP contribution in [-0.4, -0.2) is 57.7 Å². The van der Waals surface area contributed by atoms with Crippen molar-refractivity contribution in [1.82, 2.24) is 19.8 Å². The maximum Gasteiger partial charge on any atom is 0.242 e. The van der Waals surface area contributed by atoms with E-state index in [1.165, 1.54) is 0 Å². The number of piperidine rings is 1. The first kappa shape index (κ1) is 14.0. The monoisotopic (exact) mass is 266 g/mol. The fraction of sp³-hybridized carbons (Fsp3) is 0.692. The van der Waals surface area contributed by atoms with Gasteiger partial charge in [0.1, 0.15) is 6.04 Å². The molecule has 2 atom stereocenters. The van der Waals surface area contributed by atoms with Crippen molar-refractivity contribution in [3.63, 3.8) is 0 Å². The van der Waals surface area contributed by atoms with Crippen molar-refractivity contribution in [3.8, 4) is 0 Å². The Morgan fingerprint density at radius 3 is 3.16 bits per heavy atom. The topological polar surface area (TPSA) is 70.4 Å². The molecule has 0 bridgehead atoms. The van der Waals surface area contributed by atoms with Crippen molar-refractivity contribution in [1.29, 1.82) is 0 Å². The molecule has 2 unspecified atom stereocenters. The van der Waals surface area contributed by atoms with Crippen LogP contribution in [0.2, 0.25) is 0 Å². The van der Waals surface area contributed by atoms with Gasteiger partial charge in [-0.15, -0.1) is 0 Å². The number of likely N-dealkylation sites (tertiary alicyclic amines) is 1. The molecule has 2 N–H and O–H groups in total. The molecule has 6 nitrogen and oxygen atoms in total. The molecule has 1 aliphatic rings. The third-order valence-corrected chi connectivity index (χ3v) is 3.56. The van der Waals surface area contributed by atoms with Gasteiger partial charge in [0.25, 0.3) is 0 Å². The second-order valence-corrected chi connectivity index (χ2v) is 5.07. The number of hydrogen-bond donors (Lipinski definition) is 2. The number of β-amino-alcohol motifs (C(OH)–C–C–N with tert-alkyl or cyclic N) is 1. The van der Waals surface area contributed by atoms with Crippen LogP contribution in [0, 0.1) is 0 Å². The Balaban J connectivity index is 1.69. The number of hydrogen-bond acceptors (Lipinski definition) is 4. The van der Waals surface area contributed by atoms with Gasteiger partial charge >= 0.3 is 0 Å². The number of carbonyl (C=O) groups is 1. The van der Waals surface area contributed by atoms with E-state index in [4.69, 9.17) is 0 Å². The maximum atomic E-state index is 11.9. The molecule has 0 spiro atoms. The summed E-state index contributed by atoms with van der Waals surface area (Å²) in [6.45, 7) is 4.97.